The number of carbonyl (C=O) groups excluding carboxylic acids is 1. The number of benzene rings is 2. The molecule has 2 N–H and O–H groups in total. The Kier molecular flexibility index (Phi) is 6.28. The van der Waals surface area contributed by atoms with Gasteiger partial charge in [-0.3, -0.25) is 4.79 Å². The Hall–Kier alpha value is -1.12. The van der Waals surface area contributed by atoms with Crippen molar-refractivity contribution in [1.29, 1.82) is 0 Å². The molecule has 0 aliphatic carbocycles. The van der Waals surface area contributed by atoms with Gasteiger partial charge in [0, 0.05) is 15.2 Å². The van der Waals surface area contributed by atoms with Gasteiger partial charge in [0.25, 0.3) is 0 Å². The van der Waals surface area contributed by atoms with Crippen LogP contribution < -0.4 is 10.0 Å². The van der Waals surface area contributed by atoms with Crippen molar-refractivity contribution >= 4 is 60.7 Å². The second-order valence-corrected chi connectivity index (χ2v) is 8.36. The van der Waals surface area contributed by atoms with Crippen LogP contribution >= 0.6 is 39.1 Å². The van der Waals surface area contributed by atoms with Crippen molar-refractivity contribution in [3.63, 3.8) is 0 Å². The van der Waals surface area contributed by atoms with Gasteiger partial charge in [0.1, 0.15) is 4.90 Å². The summed E-state index contributed by atoms with van der Waals surface area (Å²) in [6, 6.07) is 10.0. The van der Waals surface area contributed by atoms with Crippen LogP contribution in [0.15, 0.2) is 51.8 Å². The lowest BCUT2D eigenvalue weighted by molar-refractivity contribution is -0.117. The van der Waals surface area contributed by atoms with Crippen molar-refractivity contribution in [3.05, 3.63) is 57.0 Å². The van der Waals surface area contributed by atoms with Gasteiger partial charge >= 0.3 is 0 Å². The zero-order chi connectivity index (χ0) is 17.9. The summed E-state index contributed by atoms with van der Waals surface area (Å²) < 4.78 is 27.8. The Balaban J connectivity index is 2.14. The highest BCUT2D eigenvalue weighted by Gasteiger charge is 2.24. The largest absolute Gasteiger partial charge is 0.325 e. The molecule has 0 radical (unpaired) electrons. The summed E-state index contributed by atoms with van der Waals surface area (Å²) in [5.41, 5.74) is 0.543. The fourth-order valence-corrected chi connectivity index (χ4v) is 4.21. The number of anilines is 1. The molecule has 0 aromatic heterocycles. The van der Waals surface area contributed by atoms with Crippen molar-refractivity contribution in [3.8, 4) is 0 Å². The van der Waals surface area contributed by atoms with E-state index < -0.39 is 22.0 Å². The van der Waals surface area contributed by atoms with Crippen LogP contribution in [0.5, 0.6) is 0 Å². The smallest absolute Gasteiger partial charge is 0.242 e. The molecular weight excluding hydrogens is 439 g/mol. The number of halogens is 3. The summed E-state index contributed by atoms with van der Waals surface area (Å²) in [5.74, 6) is -0.505. The van der Waals surface area contributed by atoms with Crippen LogP contribution in [0, 0.1) is 0 Å². The van der Waals surface area contributed by atoms with Crippen molar-refractivity contribution < 1.29 is 13.2 Å². The first-order valence-corrected chi connectivity index (χ1v) is 9.76. The van der Waals surface area contributed by atoms with E-state index in [1.165, 1.54) is 25.1 Å². The Labute approximate surface area is 158 Å². The van der Waals surface area contributed by atoms with E-state index in [9.17, 15) is 13.2 Å². The van der Waals surface area contributed by atoms with E-state index in [2.05, 4.69) is 26.0 Å². The Morgan fingerprint density at radius 3 is 2.54 bits per heavy atom. The molecular formula is C15H13BrCl2N2O3S. The SMILES string of the molecule is CC(NS(=O)(=O)c1cc(Cl)ccc1Cl)C(=O)Nc1cccc(Br)c1. The van der Waals surface area contributed by atoms with Crippen LogP contribution in [0.4, 0.5) is 5.69 Å². The van der Waals surface area contributed by atoms with Crippen molar-refractivity contribution in [2.24, 2.45) is 0 Å². The molecule has 0 aliphatic rings. The average Bonchev–Trinajstić information content (AvgIpc) is 2.49. The molecule has 0 bridgehead atoms. The Bertz CT molecular complexity index is 875. The second kappa shape index (κ2) is 7.84. The van der Waals surface area contributed by atoms with Gasteiger partial charge in [-0.2, -0.15) is 4.72 Å². The molecule has 0 spiro atoms. The molecule has 5 nitrogen and oxygen atoms in total. The molecule has 128 valence electrons. The highest BCUT2D eigenvalue weighted by molar-refractivity contribution is 9.10. The number of amides is 1. The topological polar surface area (TPSA) is 75.3 Å². The number of sulfonamides is 1. The van der Waals surface area contributed by atoms with E-state index in [0.717, 1.165) is 4.47 Å². The quantitative estimate of drug-likeness (QED) is 0.719. The third kappa shape index (κ3) is 4.94. The molecule has 2 rings (SSSR count). The predicted molar refractivity (Wildman–Crippen MR) is 99.0 cm³/mol. The highest BCUT2D eigenvalue weighted by Crippen LogP contribution is 2.25. The maximum absolute atomic E-state index is 12.4. The van der Waals surface area contributed by atoms with Crippen LogP contribution in [0.25, 0.3) is 0 Å². The van der Waals surface area contributed by atoms with Crippen LogP contribution in [0.1, 0.15) is 6.92 Å². The lowest BCUT2D eigenvalue weighted by Gasteiger charge is -2.15. The number of hydrogen-bond acceptors (Lipinski definition) is 3. The molecule has 1 amide bonds. The van der Waals surface area contributed by atoms with E-state index in [1.807, 2.05) is 6.07 Å². The maximum Gasteiger partial charge on any atom is 0.242 e. The maximum atomic E-state index is 12.4. The van der Waals surface area contributed by atoms with Gasteiger partial charge in [-0.1, -0.05) is 45.2 Å². The van der Waals surface area contributed by atoms with Gasteiger partial charge in [-0.25, -0.2) is 8.42 Å². The van der Waals surface area contributed by atoms with Gasteiger partial charge in [-0.15, -0.1) is 0 Å². The summed E-state index contributed by atoms with van der Waals surface area (Å²) in [4.78, 5) is 12.0. The predicted octanol–water partition coefficient (Wildman–Crippen LogP) is 4.06. The molecule has 1 atom stereocenters. The first kappa shape index (κ1) is 19.2. The Morgan fingerprint density at radius 1 is 1.17 bits per heavy atom. The van der Waals surface area contributed by atoms with Crippen LogP contribution in [0.3, 0.4) is 0 Å². The van der Waals surface area contributed by atoms with Crippen LogP contribution in [0.2, 0.25) is 10.0 Å². The fourth-order valence-electron chi connectivity index (χ4n) is 1.85. The second-order valence-electron chi connectivity index (χ2n) is 4.92. The molecule has 2 aromatic carbocycles. The van der Waals surface area contributed by atoms with E-state index in [0.29, 0.717) is 5.69 Å². The van der Waals surface area contributed by atoms with Gasteiger partial charge in [0.05, 0.1) is 11.1 Å². The minimum Gasteiger partial charge on any atom is -0.325 e. The molecule has 0 aliphatic heterocycles. The summed E-state index contributed by atoms with van der Waals surface area (Å²) in [6.07, 6.45) is 0. The third-order valence-corrected chi connectivity index (χ3v) is 5.75. The fraction of sp³-hybridized carbons (Fsp3) is 0.133. The van der Waals surface area contributed by atoms with Crippen molar-refractivity contribution in [2.45, 2.75) is 17.9 Å². The van der Waals surface area contributed by atoms with Crippen molar-refractivity contribution in [1.82, 2.24) is 4.72 Å². The molecule has 1 unspecified atom stereocenters. The zero-order valence-electron chi connectivity index (χ0n) is 12.4. The van der Waals surface area contributed by atoms with E-state index in [-0.39, 0.29) is 14.9 Å². The lowest BCUT2D eigenvalue weighted by Crippen LogP contribution is -2.41. The zero-order valence-corrected chi connectivity index (χ0v) is 16.3. The van der Waals surface area contributed by atoms with Crippen molar-refractivity contribution in [2.75, 3.05) is 5.32 Å². The molecule has 9 heteroatoms. The van der Waals surface area contributed by atoms with Gasteiger partial charge in [-0.05, 0) is 43.3 Å². The monoisotopic (exact) mass is 450 g/mol. The Morgan fingerprint density at radius 2 is 1.88 bits per heavy atom. The normalized spacial score (nSPS) is 12.7. The number of nitrogens with one attached hydrogen (secondary N) is 2. The van der Waals surface area contributed by atoms with Gasteiger partial charge < -0.3 is 5.32 Å². The average molecular weight is 452 g/mol. The first-order valence-electron chi connectivity index (χ1n) is 6.73. The summed E-state index contributed by atoms with van der Waals surface area (Å²) in [6.45, 7) is 1.43. The van der Waals surface area contributed by atoms with Gasteiger partial charge in [0.2, 0.25) is 15.9 Å². The minimum atomic E-state index is -3.99. The highest BCUT2D eigenvalue weighted by atomic mass is 79.9. The molecule has 0 saturated heterocycles. The third-order valence-electron chi connectivity index (χ3n) is 3.00. The van der Waals surface area contributed by atoms with E-state index in [1.54, 1.807) is 18.2 Å². The number of carbonyl (C=O) groups is 1. The standard InChI is InChI=1S/C15H13BrCl2N2O3S/c1-9(15(21)19-12-4-2-3-10(16)7-12)20-24(22,23)14-8-11(17)5-6-13(14)18/h2-9,20H,1H3,(H,19,21). The van der Waals surface area contributed by atoms with Gasteiger partial charge in [0.15, 0.2) is 0 Å². The molecule has 0 saturated carbocycles. The van der Waals surface area contributed by atoms with E-state index in [4.69, 9.17) is 23.2 Å². The molecule has 2 aromatic rings. The van der Waals surface area contributed by atoms with E-state index >= 15 is 0 Å². The van der Waals surface area contributed by atoms with Crippen LogP contribution in [-0.2, 0) is 14.8 Å². The molecule has 24 heavy (non-hydrogen) atoms. The molecule has 0 heterocycles. The lowest BCUT2D eigenvalue weighted by atomic mass is 10.3. The number of rotatable bonds is 5. The summed E-state index contributed by atoms with van der Waals surface area (Å²) in [7, 11) is -3.99. The minimum absolute atomic E-state index is 0.0199. The first-order chi connectivity index (χ1) is 11.2. The number of hydrogen-bond donors (Lipinski definition) is 2. The summed E-state index contributed by atoms with van der Waals surface area (Å²) in [5, 5.41) is 2.88. The molecule has 0 fully saturated rings. The van der Waals surface area contributed by atoms with Crippen LogP contribution in [-0.4, -0.2) is 20.4 Å². The summed E-state index contributed by atoms with van der Waals surface area (Å²) >= 11 is 15.0.